The van der Waals surface area contributed by atoms with E-state index in [4.69, 9.17) is 0 Å². The quantitative estimate of drug-likeness (QED) is 0.889. The van der Waals surface area contributed by atoms with Crippen molar-refractivity contribution in [2.45, 2.75) is 43.4 Å². The van der Waals surface area contributed by atoms with Crippen LogP contribution in [-0.2, 0) is 20.6 Å². The third kappa shape index (κ3) is 3.61. The monoisotopic (exact) mass is 311 g/mol. The first-order valence-corrected chi connectivity index (χ1v) is 8.73. The van der Waals surface area contributed by atoms with E-state index < -0.39 is 0 Å². The highest BCUT2D eigenvalue weighted by atomic mass is 32.2. The van der Waals surface area contributed by atoms with Gasteiger partial charge in [-0.2, -0.15) is 11.8 Å². The molecule has 0 saturated heterocycles. The summed E-state index contributed by atoms with van der Waals surface area (Å²) in [5.41, 5.74) is 0.163. The largest absolute Gasteiger partial charge is 0.330 e. The molecule has 1 aromatic heterocycles. The van der Waals surface area contributed by atoms with Crippen molar-refractivity contribution < 1.29 is 0 Å². The van der Waals surface area contributed by atoms with Gasteiger partial charge in [-0.25, -0.2) is 4.79 Å². The minimum absolute atomic E-state index is 0.201. The molecule has 1 heterocycles. The Labute approximate surface area is 129 Å². The minimum atomic E-state index is -0.281. The highest BCUT2D eigenvalue weighted by Gasteiger charge is 2.30. The third-order valence-electron chi connectivity index (χ3n) is 4.48. The molecule has 5 nitrogen and oxygen atoms in total. The van der Waals surface area contributed by atoms with Crippen molar-refractivity contribution >= 4 is 11.8 Å². The first-order chi connectivity index (χ1) is 9.99. The molecule has 1 aliphatic carbocycles. The Kier molecular flexibility index (Phi) is 5.32. The van der Waals surface area contributed by atoms with Crippen molar-refractivity contribution in [2.24, 2.45) is 14.1 Å². The normalized spacial score (nSPS) is 17.9. The van der Waals surface area contributed by atoms with Crippen LogP contribution in [0.15, 0.2) is 15.8 Å². The van der Waals surface area contributed by atoms with Gasteiger partial charge >= 0.3 is 5.69 Å². The molecular formula is C15H25N3O2S. The number of thioether (sulfide) groups is 1. The number of nitrogens with one attached hydrogen (secondary N) is 1. The predicted octanol–water partition coefficient (Wildman–Crippen LogP) is 1.24. The minimum Gasteiger partial charge on any atom is -0.311 e. The Bertz CT molecular complexity index is 600. The molecule has 0 atom stereocenters. The van der Waals surface area contributed by atoms with Crippen LogP contribution < -0.4 is 16.6 Å². The summed E-state index contributed by atoms with van der Waals surface area (Å²) in [7, 11) is 3.20. The fraction of sp³-hybridized carbons (Fsp3) is 0.733. The van der Waals surface area contributed by atoms with Crippen molar-refractivity contribution in [1.82, 2.24) is 14.5 Å². The summed E-state index contributed by atoms with van der Waals surface area (Å²) in [6, 6.07) is 0. The van der Waals surface area contributed by atoms with E-state index in [-0.39, 0.29) is 11.2 Å². The molecule has 21 heavy (non-hydrogen) atoms. The molecule has 118 valence electrons. The average molecular weight is 311 g/mol. The van der Waals surface area contributed by atoms with E-state index in [1.165, 1.54) is 48.3 Å². The summed E-state index contributed by atoms with van der Waals surface area (Å²) in [4.78, 5) is 23.7. The first kappa shape index (κ1) is 16.4. The number of rotatable bonds is 5. The van der Waals surface area contributed by atoms with Crippen molar-refractivity contribution in [3.05, 3.63) is 32.6 Å². The lowest BCUT2D eigenvalue weighted by Gasteiger charge is -2.36. The fourth-order valence-corrected chi connectivity index (χ4v) is 4.02. The van der Waals surface area contributed by atoms with Gasteiger partial charge in [0, 0.05) is 43.7 Å². The average Bonchev–Trinajstić information content (AvgIpc) is 2.51. The zero-order chi connectivity index (χ0) is 15.5. The molecule has 0 amide bonds. The lowest BCUT2D eigenvalue weighted by atomic mass is 9.88. The van der Waals surface area contributed by atoms with Crippen molar-refractivity contribution in [3.63, 3.8) is 0 Å². The number of aryl methyl sites for hydroxylation is 1. The van der Waals surface area contributed by atoms with Crippen LogP contribution in [0.5, 0.6) is 0 Å². The predicted molar refractivity (Wildman–Crippen MR) is 88.0 cm³/mol. The molecule has 1 fully saturated rings. The Balaban J connectivity index is 2.04. The van der Waals surface area contributed by atoms with E-state index in [0.29, 0.717) is 16.9 Å². The molecule has 0 aliphatic heterocycles. The van der Waals surface area contributed by atoms with E-state index >= 15 is 0 Å². The molecule has 1 aromatic rings. The Morgan fingerprint density at radius 1 is 1.24 bits per heavy atom. The summed E-state index contributed by atoms with van der Waals surface area (Å²) < 4.78 is 2.94. The van der Waals surface area contributed by atoms with Crippen LogP contribution in [0, 0.1) is 0 Å². The van der Waals surface area contributed by atoms with E-state index in [2.05, 4.69) is 11.6 Å². The highest BCUT2D eigenvalue weighted by Crippen LogP contribution is 2.37. The standard InChI is InChI=1S/C15H25N3O2S/c1-17-10-12(13(19)18(2)14(17)20)9-16-11-15(21-3)7-5-4-6-8-15/h10,16H,4-9,11H2,1-3H3. The van der Waals surface area contributed by atoms with E-state index in [1.54, 1.807) is 13.2 Å². The van der Waals surface area contributed by atoms with Crippen LogP contribution >= 0.6 is 11.8 Å². The zero-order valence-corrected chi connectivity index (χ0v) is 14.0. The maximum absolute atomic E-state index is 12.1. The number of aromatic nitrogens is 2. The number of nitrogens with zero attached hydrogens (tertiary/aromatic N) is 2. The van der Waals surface area contributed by atoms with Crippen LogP contribution in [0.1, 0.15) is 37.7 Å². The first-order valence-electron chi connectivity index (χ1n) is 7.50. The molecule has 6 heteroatoms. The van der Waals surface area contributed by atoms with Gasteiger partial charge in [-0.05, 0) is 19.1 Å². The molecule has 0 radical (unpaired) electrons. The molecule has 0 bridgehead atoms. The summed E-state index contributed by atoms with van der Waals surface area (Å²) in [6.07, 6.45) is 10.2. The lowest BCUT2D eigenvalue weighted by molar-refractivity contribution is 0.379. The maximum atomic E-state index is 12.1. The van der Waals surface area contributed by atoms with Crippen LogP contribution in [0.25, 0.3) is 0 Å². The van der Waals surface area contributed by atoms with Gasteiger partial charge in [0.15, 0.2) is 0 Å². The number of hydrogen-bond donors (Lipinski definition) is 1. The van der Waals surface area contributed by atoms with Crippen molar-refractivity contribution in [2.75, 3.05) is 12.8 Å². The van der Waals surface area contributed by atoms with Gasteiger partial charge in [0.25, 0.3) is 5.56 Å². The fourth-order valence-electron chi connectivity index (χ4n) is 3.08. The van der Waals surface area contributed by atoms with Crippen LogP contribution in [0.4, 0.5) is 0 Å². The van der Waals surface area contributed by atoms with Gasteiger partial charge in [0.2, 0.25) is 0 Å². The van der Waals surface area contributed by atoms with Gasteiger partial charge in [-0.3, -0.25) is 9.36 Å². The summed E-state index contributed by atoms with van der Waals surface area (Å²) in [5, 5.41) is 3.43. The third-order valence-corrected chi connectivity index (χ3v) is 5.90. The van der Waals surface area contributed by atoms with Crippen molar-refractivity contribution in [1.29, 1.82) is 0 Å². The summed E-state index contributed by atoms with van der Waals surface area (Å²) in [6.45, 7) is 1.43. The maximum Gasteiger partial charge on any atom is 0.330 e. The second-order valence-electron chi connectivity index (χ2n) is 5.96. The van der Waals surface area contributed by atoms with E-state index in [0.717, 1.165) is 6.54 Å². The highest BCUT2D eigenvalue weighted by molar-refractivity contribution is 8.00. The second-order valence-corrected chi connectivity index (χ2v) is 7.24. The van der Waals surface area contributed by atoms with Gasteiger partial charge in [-0.15, -0.1) is 0 Å². The van der Waals surface area contributed by atoms with Gasteiger partial charge in [-0.1, -0.05) is 19.3 Å². The van der Waals surface area contributed by atoms with Crippen LogP contribution in [0.2, 0.25) is 0 Å². The SMILES string of the molecule is CSC1(CNCc2cn(C)c(=O)n(C)c2=O)CCCCC1. The van der Waals surface area contributed by atoms with Crippen LogP contribution in [0.3, 0.4) is 0 Å². The van der Waals surface area contributed by atoms with Gasteiger partial charge < -0.3 is 9.88 Å². The number of hydrogen-bond acceptors (Lipinski definition) is 4. The van der Waals surface area contributed by atoms with Gasteiger partial charge in [0.05, 0.1) is 0 Å². The van der Waals surface area contributed by atoms with Gasteiger partial charge in [0.1, 0.15) is 0 Å². The molecule has 0 unspecified atom stereocenters. The molecule has 0 aromatic carbocycles. The Morgan fingerprint density at radius 2 is 1.90 bits per heavy atom. The summed E-state index contributed by atoms with van der Waals surface area (Å²) in [5.74, 6) is 0. The lowest BCUT2D eigenvalue weighted by Crippen LogP contribution is -2.42. The molecular weight excluding hydrogens is 286 g/mol. The second kappa shape index (κ2) is 6.83. The Hall–Kier alpha value is -1.01. The smallest absolute Gasteiger partial charge is 0.311 e. The molecule has 0 spiro atoms. The molecule has 2 rings (SSSR count). The topological polar surface area (TPSA) is 56.0 Å². The molecule has 1 N–H and O–H groups in total. The van der Waals surface area contributed by atoms with Crippen molar-refractivity contribution in [3.8, 4) is 0 Å². The molecule has 1 aliphatic rings. The van der Waals surface area contributed by atoms with Crippen LogP contribution in [-0.4, -0.2) is 26.7 Å². The zero-order valence-electron chi connectivity index (χ0n) is 13.1. The van der Waals surface area contributed by atoms with E-state index in [1.807, 2.05) is 11.8 Å². The Morgan fingerprint density at radius 3 is 2.52 bits per heavy atom. The van der Waals surface area contributed by atoms with E-state index in [9.17, 15) is 9.59 Å². The summed E-state index contributed by atoms with van der Waals surface area (Å²) >= 11 is 1.94. The molecule has 1 saturated carbocycles.